The normalized spacial score (nSPS) is 11.9. The minimum atomic E-state index is -0.442. The van der Waals surface area contributed by atoms with Crippen LogP contribution in [0.2, 0.25) is 0 Å². The number of ketones is 1. The lowest BCUT2D eigenvalue weighted by Gasteiger charge is -2.07. The predicted octanol–water partition coefficient (Wildman–Crippen LogP) is 1.33. The van der Waals surface area contributed by atoms with E-state index in [4.69, 9.17) is 0 Å². The monoisotopic (exact) mass is 170 g/mol. The summed E-state index contributed by atoms with van der Waals surface area (Å²) < 4.78 is 4.44. The Labute approximate surface area is 72.4 Å². The van der Waals surface area contributed by atoms with Gasteiger partial charge in [0, 0.05) is 11.5 Å². The molecule has 0 saturated heterocycles. The van der Waals surface area contributed by atoms with Crippen molar-refractivity contribution in [1.29, 1.82) is 0 Å². The van der Waals surface area contributed by atoms with Crippen molar-refractivity contribution in [1.82, 2.24) is 0 Å². The highest BCUT2D eigenvalue weighted by Crippen LogP contribution is 2.11. The van der Waals surface area contributed by atoms with Gasteiger partial charge in [-0.2, -0.15) is 0 Å². The Balaban J connectivity index is 4.01. The number of hydrogen-bond donors (Lipinski definition) is 0. The number of Topliss-reactive ketones (excluding diaryl/α,β-unsaturated/α-hetero) is 1. The summed E-state index contributed by atoms with van der Waals surface area (Å²) in [7, 11) is 1.30. The molecule has 0 aromatic rings. The van der Waals surface area contributed by atoms with Crippen LogP contribution in [0.3, 0.4) is 0 Å². The molecule has 68 valence electrons. The van der Waals surface area contributed by atoms with Gasteiger partial charge in [-0.3, -0.25) is 4.79 Å². The molecule has 0 aliphatic rings. The number of carbonyl (C=O) groups is 2. The molecule has 0 spiro atoms. The third-order valence-corrected chi connectivity index (χ3v) is 1.72. The van der Waals surface area contributed by atoms with Crippen LogP contribution < -0.4 is 0 Å². The van der Waals surface area contributed by atoms with Gasteiger partial charge < -0.3 is 4.74 Å². The van der Waals surface area contributed by atoms with Gasteiger partial charge in [-0.05, 0) is 13.3 Å². The number of ether oxygens (including phenoxy) is 1. The summed E-state index contributed by atoms with van der Waals surface area (Å²) in [6.07, 6.45) is 0.377. The average molecular weight is 170 g/mol. The Kier molecular flexibility index (Phi) is 4.26. The maximum Gasteiger partial charge on any atom is 0.333 e. The first-order valence-electron chi connectivity index (χ1n) is 3.75. The number of rotatable bonds is 4. The van der Waals surface area contributed by atoms with Gasteiger partial charge >= 0.3 is 5.97 Å². The molecule has 0 aliphatic carbocycles. The summed E-state index contributed by atoms with van der Waals surface area (Å²) in [5, 5.41) is 0. The molecular weight excluding hydrogens is 156 g/mol. The Hall–Kier alpha value is -1.12. The molecule has 0 radical (unpaired) electrons. The average Bonchev–Trinajstić information content (AvgIpc) is 2.02. The van der Waals surface area contributed by atoms with E-state index in [0.717, 1.165) is 0 Å². The van der Waals surface area contributed by atoms with Gasteiger partial charge in [0.1, 0.15) is 5.78 Å². The number of methoxy groups -OCH3 is 1. The highest BCUT2D eigenvalue weighted by atomic mass is 16.5. The first kappa shape index (κ1) is 10.9. The first-order chi connectivity index (χ1) is 5.49. The highest BCUT2D eigenvalue weighted by Gasteiger charge is 2.14. The Morgan fingerprint density at radius 3 is 2.33 bits per heavy atom. The Morgan fingerprint density at radius 2 is 2.00 bits per heavy atom. The molecule has 0 amide bonds. The van der Waals surface area contributed by atoms with Gasteiger partial charge in [-0.15, -0.1) is 0 Å². The predicted molar refractivity (Wildman–Crippen MR) is 45.6 cm³/mol. The van der Waals surface area contributed by atoms with Gasteiger partial charge in [-0.1, -0.05) is 13.5 Å². The van der Waals surface area contributed by atoms with Crippen LogP contribution in [0.4, 0.5) is 0 Å². The van der Waals surface area contributed by atoms with E-state index in [0.29, 0.717) is 12.0 Å². The fourth-order valence-electron chi connectivity index (χ4n) is 0.741. The van der Waals surface area contributed by atoms with Crippen LogP contribution >= 0.6 is 0 Å². The SMILES string of the molecule is C=C(CC(C)C(C)=O)C(=O)OC. The topological polar surface area (TPSA) is 43.4 Å². The van der Waals surface area contributed by atoms with Crippen molar-refractivity contribution in [2.45, 2.75) is 20.3 Å². The van der Waals surface area contributed by atoms with Crippen LogP contribution in [0.5, 0.6) is 0 Å². The minimum absolute atomic E-state index is 0.0556. The second-order valence-electron chi connectivity index (χ2n) is 2.81. The number of carbonyl (C=O) groups excluding carboxylic acids is 2. The molecule has 0 heterocycles. The summed E-state index contributed by atoms with van der Waals surface area (Å²) in [5.41, 5.74) is 0.347. The molecule has 0 N–H and O–H groups in total. The fraction of sp³-hybridized carbons (Fsp3) is 0.556. The van der Waals surface area contributed by atoms with E-state index in [-0.39, 0.29) is 11.7 Å². The molecule has 0 aromatic carbocycles. The van der Waals surface area contributed by atoms with E-state index in [1.165, 1.54) is 14.0 Å². The van der Waals surface area contributed by atoms with E-state index >= 15 is 0 Å². The van der Waals surface area contributed by atoms with Crippen molar-refractivity contribution in [3.63, 3.8) is 0 Å². The van der Waals surface area contributed by atoms with Gasteiger partial charge in [-0.25, -0.2) is 4.79 Å². The zero-order valence-corrected chi connectivity index (χ0v) is 7.72. The lowest BCUT2D eigenvalue weighted by atomic mass is 9.99. The van der Waals surface area contributed by atoms with E-state index < -0.39 is 5.97 Å². The summed E-state index contributed by atoms with van der Waals surface area (Å²) in [6, 6.07) is 0. The maximum atomic E-state index is 10.8. The molecular formula is C9H14O3. The molecule has 0 aromatic heterocycles. The van der Waals surface area contributed by atoms with Crippen molar-refractivity contribution < 1.29 is 14.3 Å². The van der Waals surface area contributed by atoms with Crippen LogP contribution in [0.1, 0.15) is 20.3 Å². The van der Waals surface area contributed by atoms with Crippen LogP contribution in [0.15, 0.2) is 12.2 Å². The molecule has 1 unspecified atom stereocenters. The summed E-state index contributed by atoms with van der Waals surface area (Å²) >= 11 is 0. The van der Waals surface area contributed by atoms with Crippen molar-refractivity contribution >= 4 is 11.8 Å². The molecule has 0 saturated carbocycles. The van der Waals surface area contributed by atoms with Crippen molar-refractivity contribution in [3.8, 4) is 0 Å². The van der Waals surface area contributed by atoms with Crippen molar-refractivity contribution in [2.75, 3.05) is 7.11 Å². The fourth-order valence-corrected chi connectivity index (χ4v) is 0.741. The third-order valence-electron chi connectivity index (χ3n) is 1.72. The summed E-state index contributed by atoms with van der Waals surface area (Å²) in [6.45, 7) is 6.78. The van der Waals surface area contributed by atoms with Crippen LogP contribution in [0, 0.1) is 5.92 Å². The quantitative estimate of drug-likeness (QED) is 0.472. The van der Waals surface area contributed by atoms with E-state index in [1.54, 1.807) is 6.92 Å². The zero-order valence-electron chi connectivity index (χ0n) is 7.72. The summed E-state index contributed by atoms with van der Waals surface area (Å²) in [4.78, 5) is 21.6. The molecule has 0 aliphatic heterocycles. The molecule has 3 nitrogen and oxygen atoms in total. The van der Waals surface area contributed by atoms with E-state index in [9.17, 15) is 9.59 Å². The Morgan fingerprint density at radius 1 is 1.50 bits per heavy atom. The highest BCUT2D eigenvalue weighted by molar-refractivity contribution is 5.89. The van der Waals surface area contributed by atoms with Gasteiger partial charge in [0.15, 0.2) is 0 Å². The molecule has 0 rings (SSSR count). The first-order valence-corrected chi connectivity index (χ1v) is 3.75. The van der Waals surface area contributed by atoms with Gasteiger partial charge in [0.05, 0.1) is 7.11 Å². The second kappa shape index (κ2) is 4.70. The van der Waals surface area contributed by atoms with Crippen molar-refractivity contribution in [3.05, 3.63) is 12.2 Å². The van der Waals surface area contributed by atoms with E-state index in [1.807, 2.05) is 0 Å². The third kappa shape index (κ3) is 3.32. The lowest BCUT2D eigenvalue weighted by molar-refractivity contribution is -0.136. The Bertz CT molecular complexity index is 206. The maximum absolute atomic E-state index is 10.8. The van der Waals surface area contributed by atoms with E-state index in [2.05, 4.69) is 11.3 Å². The van der Waals surface area contributed by atoms with Crippen LogP contribution in [-0.2, 0) is 14.3 Å². The number of hydrogen-bond acceptors (Lipinski definition) is 3. The summed E-state index contributed by atoms with van der Waals surface area (Å²) in [5.74, 6) is -0.542. The molecule has 12 heavy (non-hydrogen) atoms. The smallest absolute Gasteiger partial charge is 0.333 e. The van der Waals surface area contributed by atoms with Crippen LogP contribution in [-0.4, -0.2) is 18.9 Å². The van der Waals surface area contributed by atoms with Crippen molar-refractivity contribution in [2.24, 2.45) is 5.92 Å². The number of esters is 1. The zero-order chi connectivity index (χ0) is 9.72. The molecule has 1 atom stereocenters. The molecule has 0 bridgehead atoms. The minimum Gasteiger partial charge on any atom is -0.466 e. The standard InChI is InChI=1S/C9H14O3/c1-6(8(3)10)5-7(2)9(11)12-4/h6H,2,5H2,1,3-4H3. The lowest BCUT2D eigenvalue weighted by Crippen LogP contribution is -2.12. The van der Waals surface area contributed by atoms with Gasteiger partial charge in [0.25, 0.3) is 0 Å². The molecule has 0 fully saturated rings. The largest absolute Gasteiger partial charge is 0.466 e. The molecule has 3 heteroatoms. The second-order valence-corrected chi connectivity index (χ2v) is 2.81. The van der Waals surface area contributed by atoms with Crippen LogP contribution in [0.25, 0.3) is 0 Å². The van der Waals surface area contributed by atoms with Gasteiger partial charge in [0.2, 0.25) is 0 Å².